The number of aryl methyl sites for hydroxylation is 1. The van der Waals surface area contributed by atoms with Crippen LogP contribution in [0.2, 0.25) is 5.02 Å². The number of carbonyl (C=O) groups is 5. The number of thiazole rings is 1. The molecule has 0 spiro atoms. The van der Waals surface area contributed by atoms with Gasteiger partial charge in [0.1, 0.15) is 10.9 Å². The van der Waals surface area contributed by atoms with E-state index in [-0.39, 0.29) is 85.3 Å². The Morgan fingerprint density at radius 2 is 1.45 bits per heavy atom. The number of likely N-dealkylation sites (tertiary alicyclic amines) is 3. The first kappa shape index (κ1) is 79.7. The Labute approximate surface area is 633 Å². The topological polar surface area (TPSA) is 251 Å². The number of β-amino-alcohol motifs (C(OH)–C–C–N with tert-alkyl or cyclic N) is 1. The van der Waals surface area contributed by atoms with Gasteiger partial charge in [0.15, 0.2) is 0 Å². The highest BCUT2D eigenvalue weighted by molar-refractivity contribution is 7.99. The van der Waals surface area contributed by atoms with Gasteiger partial charge in [0.05, 0.1) is 38.8 Å². The predicted octanol–water partition coefficient (Wildman–Crippen LogP) is 12.7. The molecule has 5 heterocycles. The van der Waals surface area contributed by atoms with Crippen LogP contribution in [-0.2, 0) is 39.0 Å². The molecule has 11 rings (SSSR count). The number of thioether (sulfide) groups is 1. The molecular formula is C78H96ClF3N10O10S4. The fourth-order valence-corrected chi connectivity index (χ4v) is 19.1. The fourth-order valence-electron chi connectivity index (χ4n) is 15.1. The highest BCUT2D eigenvalue weighted by Gasteiger charge is 2.50. The Bertz CT molecular complexity index is 4350. The van der Waals surface area contributed by atoms with E-state index in [4.69, 9.17) is 11.6 Å². The third kappa shape index (κ3) is 20.1. The van der Waals surface area contributed by atoms with Crippen LogP contribution in [0.3, 0.4) is 0 Å². The third-order valence-corrected chi connectivity index (χ3v) is 26.2. The predicted molar refractivity (Wildman–Crippen MR) is 410 cm³/mol. The molecule has 20 nitrogen and oxygen atoms in total. The molecular weight excluding hydrogens is 1460 g/mol. The quantitative estimate of drug-likeness (QED) is 0.0216. The van der Waals surface area contributed by atoms with Gasteiger partial charge in [0.25, 0.3) is 25.8 Å². The monoisotopic (exact) mass is 1550 g/mol. The number of allylic oxidation sites excluding steroid dienone is 1. The van der Waals surface area contributed by atoms with Gasteiger partial charge in [-0.05, 0) is 166 Å². The number of nitrogens with one attached hydrogen (secondary N) is 4. The number of hydrogen-bond donors (Lipinski definition) is 5. The number of sulfonamides is 1. The van der Waals surface area contributed by atoms with Crippen molar-refractivity contribution in [2.24, 2.45) is 5.41 Å². The van der Waals surface area contributed by atoms with Crippen molar-refractivity contribution < 1.29 is 59.1 Å². The molecule has 5 aliphatic rings. The van der Waals surface area contributed by atoms with Crippen LogP contribution in [0, 0.1) is 12.3 Å². The van der Waals surface area contributed by atoms with Crippen LogP contribution < -0.4 is 25.6 Å². The number of aromatic nitrogens is 1. The average molecular weight is 1550 g/mol. The highest BCUT2D eigenvalue weighted by Crippen LogP contribution is 2.40. The van der Waals surface area contributed by atoms with Crippen LogP contribution in [0.25, 0.3) is 16.0 Å². The maximum atomic E-state index is 14.6. The van der Waals surface area contributed by atoms with Crippen molar-refractivity contribution in [1.82, 2.24) is 39.9 Å². The zero-order valence-electron chi connectivity index (χ0n) is 60.6. The summed E-state index contributed by atoms with van der Waals surface area (Å²) in [5.74, 6) is -1.77. The summed E-state index contributed by atoms with van der Waals surface area (Å²) in [6, 6.07) is 31.4. The number of aliphatic hydroxyl groups is 1. The first-order chi connectivity index (χ1) is 50.5. The molecule has 0 unspecified atom stereocenters. The Hall–Kier alpha value is -7.37. The summed E-state index contributed by atoms with van der Waals surface area (Å²) in [5, 5.41) is 20.5. The molecule has 1 aromatic heterocycles. The molecule has 1 aliphatic carbocycles. The largest absolute Gasteiger partial charge is 0.501 e. The number of anilines is 2. The van der Waals surface area contributed by atoms with Gasteiger partial charge >= 0.3 is 5.51 Å². The summed E-state index contributed by atoms with van der Waals surface area (Å²) < 4.78 is 101. The average Bonchev–Trinajstić information content (AvgIpc) is 1.10. The summed E-state index contributed by atoms with van der Waals surface area (Å²) >= 11 is 9.19. The molecule has 0 radical (unpaired) electrons. The van der Waals surface area contributed by atoms with Gasteiger partial charge in [-0.15, -0.1) is 23.1 Å². The molecule has 5 amide bonds. The minimum Gasteiger partial charge on any atom is -0.391 e. The van der Waals surface area contributed by atoms with E-state index in [9.17, 15) is 59.1 Å². The molecule has 6 aromatic rings. The molecule has 4 aliphatic heterocycles. The second-order valence-electron chi connectivity index (χ2n) is 29.7. The van der Waals surface area contributed by atoms with E-state index >= 15 is 0 Å². The van der Waals surface area contributed by atoms with Crippen LogP contribution in [0.5, 0.6) is 0 Å². The van der Waals surface area contributed by atoms with Gasteiger partial charge in [0, 0.05) is 129 Å². The van der Waals surface area contributed by atoms with Gasteiger partial charge < -0.3 is 35.8 Å². The molecule has 0 saturated carbocycles. The van der Waals surface area contributed by atoms with Crippen molar-refractivity contribution >= 4 is 101 Å². The van der Waals surface area contributed by atoms with E-state index < -0.39 is 76.4 Å². The molecule has 2 bridgehead atoms. The summed E-state index contributed by atoms with van der Waals surface area (Å²) in [7, 11) is -11.1. The van der Waals surface area contributed by atoms with Crippen LogP contribution >= 0.6 is 34.7 Å². The van der Waals surface area contributed by atoms with E-state index in [1.165, 1.54) is 51.9 Å². The lowest BCUT2D eigenvalue weighted by Crippen LogP contribution is -2.56. The molecule has 4 fully saturated rings. The van der Waals surface area contributed by atoms with E-state index in [1.54, 1.807) is 29.0 Å². The van der Waals surface area contributed by atoms with Crippen LogP contribution in [-0.4, -0.2) is 183 Å². The number of nitrogens with zero attached hydrogens (tertiary/aromatic N) is 6. The number of halogens is 4. The Morgan fingerprint density at radius 3 is 2.12 bits per heavy atom. The Morgan fingerprint density at radius 1 is 0.755 bits per heavy atom. The summed E-state index contributed by atoms with van der Waals surface area (Å²) in [6.07, 6.45) is 7.88. The lowest BCUT2D eigenvalue weighted by atomic mass is 9.85. The molecule has 7 atom stereocenters. The third-order valence-electron chi connectivity index (χ3n) is 21.0. The number of piperazine rings is 2. The highest BCUT2D eigenvalue weighted by atomic mass is 35.5. The van der Waals surface area contributed by atoms with Crippen molar-refractivity contribution in [2.45, 2.75) is 187 Å². The van der Waals surface area contributed by atoms with Crippen molar-refractivity contribution in [3.8, 4) is 10.4 Å². The maximum absolute atomic E-state index is 14.6. The van der Waals surface area contributed by atoms with Gasteiger partial charge in [-0.3, -0.25) is 33.8 Å². The normalized spacial score (nSPS) is 19.9. The number of unbranched alkanes of at least 4 members (excludes halogenated alkanes) is 2. The first-order valence-electron chi connectivity index (χ1n) is 36.6. The van der Waals surface area contributed by atoms with Gasteiger partial charge in [0.2, 0.25) is 23.6 Å². The maximum Gasteiger partial charge on any atom is 0.501 e. The number of sulfone groups is 1. The molecule has 106 heavy (non-hydrogen) atoms. The van der Waals surface area contributed by atoms with Crippen molar-refractivity contribution in [3.63, 3.8) is 0 Å². The number of benzene rings is 5. The second kappa shape index (κ2) is 34.9. The van der Waals surface area contributed by atoms with Crippen molar-refractivity contribution in [1.29, 1.82) is 0 Å². The Kier molecular flexibility index (Phi) is 26.2. The zero-order valence-corrected chi connectivity index (χ0v) is 64.6. The molecule has 28 heteroatoms. The van der Waals surface area contributed by atoms with E-state index in [0.717, 1.165) is 89.7 Å². The molecule has 5 N–H and O–H groups in total. The smallest absolute Gasteiger partial charge is 0.391 e. The Balaban J connectivity index is 0.646. The summed E-state index contributed by atoms with van der Waals surface area (Å²) in [4.78, 5) is 83.0. The number of rotatable bonds is 29. The minimum atomic E-state index is -6.18. The van der Waals surface area contributed by atoms with Gasteiger partial charge in [-0.1, -0.05) is 105 Å². The van der Waals surface area contributed by atoms with Crippen molar-refractivity contribution in [3.05, 3.63) is 160 Å². The van der Waals surface area contributed by atoms with Crippen LogP contribution in [0.1, 0.15) is 151 Å². The first-order valence-corrected chi connectivity index (χ1v) is 41.8. The molecule has 5 aromatic carbocycles. The SMILES string of the molecule is Cc1ncsc1-c1ccc([C@H](C)NC(=O)C[C@@H]2C[C@@H](O)CN2C(=O)[C@@H](NC(=O)CCCCCC(=O)N2C[C@@H]3C[C@H]2CN3CC[C@H](CSc2ccccc2)Nc2ccc(S(=O)(=O)NC(=O)c3ccc(N4CCN(CC5=C(c6ccc(Cl)cc6)CCCCC5)CC4)cc3)cc2S(=O)(=O)C(F)(F)F)C(C)(C)C)cc1. The lowest BCUT2D eigenvalue weighted by Gasteiger charge is -2.37. The van der Waals surface area contributed by atoms with Crippen molar-refractivity contribution in [2.75, 3.05) is 74.9 Å². The lowest BCUT2D eigenvalue weighted by molar-refractivity contribution is -0.141. The van der Waals surface area contributed by atoms with E-state index in [0.29, 0.717) is 75.9 Å². The van der Waals surface area contributed by atoms with E-state index in [2.05, 4.69) is 47.8 Å². The van der Waals surface area contributed by atoms with E-state index in [1.807, 2.05) is 111 Å². The van der Waals surface area contributed by atoms with Crippen LogP contribution in [0.15, 0.2) is 147 Å². The summed E-state index contributed by atoms with van der Waals surface area (Å²) in [5.41, 5.74) is 2.55. The number of alkyl halides is 3. The number of hydrogen-bond acceptors (Lipinski definition) is 17. The standard InChI is InChI=1S/C78H96ClF3N10O10S4/c1-51(53-21-23-55(24-22-53)73-52(2)83-50-104-73)84-71(95)43-61-42-64(93)48-92(61)76(98)74(77(3,4)5)86-70(94)19-13-8-14-20-72(96)91-47-62-41-63(91)46-90(62)36-35-59(49-103-65-16-10-7-11-17-65)85-68-34-33-66(44-69(68)105(99,100)78(80,81)82)106(101,102)87-75(97)56-27-31-60(32-28-56)89-39-37-88(38-40-89)45-57-15-9-6-12-18-67(57)54-25-29-58(79)30-26-54/h7,10-11,16-17,21-34,44,50-51,59,61-64,74,85,93H,6,8-9,12-15,18-20,35-43,45-49H2,1-5H3,(H,84,95)(H,86,94)(H,87,97)/t51-,59+,61-,62-,63-,64+,74+/m0/s1. The number of amides is 5. The van der Waals surface area contributed by atoms with Gasteiger partial charge in [-0.25, -0.2) is 26.5 Å². The fraction of sp³-hybridized carbons (Fsp3) is 0.487. The summed E-state index contributed by atoms with van der Waals surface area (Å²) in [6.45, 7) is 14.8. The second-order valence-corrected chi connectivity index (χ2v) is 35.7. The number of aliphatic hydroxyl groups excluding tert-OH is 1. The van der Waals surface area contributed by atoms with Crippen LogP contribution in [0.4, 0.5) is 24.5 Å². The number of carbonyl (C=O) groups excluding carboxylic acids is 5. The number of fused-ring (bicyclic) bond motifs is 2. The molecule has 570 valence electrons. The molecule has 4 saturated heterocycles. The zero-order chi connectivity index (χ0) is 75.7. The minimum absolute atomic E-state index is 0.0117. The van der Waals surface area contributed by atoms with Gasteiger partial charge in [-0.2, -0.15) is 13.2 Å².